The molecule has 11 aromatic carbocycles. The molecule has 0 spiro atoms. The van der Waals surface area contributed by atoms with Crippen LogP contribution in [0.2, 0.25) is 0 Å². The zero-order valence-electron chi connectivity index (χ0n) is 36.9. The minimum absolute atomic E-state index is 0.565. The van der Waals surface area contributed by atoms with Gasteiger partial charge in [0.25, 0.3) is 0 Å². The van der Waals surface area contributed by atoms with E-state index in [2.05, 4.69) is 180 Å². The summed E-state index contributed by atoms with van der Waals surface area (Å²) in [7, 11) is 0. The molecule has 0 N–H and O–H groups in total. The molecule has 4 heterocycles. The Morgan fingerprint density at radius 3 is 1.49 bits per heavy atom. The third kappa shape index (κ3) is 5.63. The van der Waals surface area contributed by atoms with Gasteiger partial charge in [-0.25, -0.2) is 15.0 Å². The molecule has 0 saturated heterocycles. The molecule has 0 unspecified atom stereocenters. The molecule has 69 heavy (non-hydrogen) atoms. The number of hydrogen-bond acceptors (Lipinski definition) is 5. The summed E-state index contributed by atoms with van der Waals surface area (Å²) in [5.74, 6) is 1.76. The highest BCUT2D eigenvalue weighted by Gasteiger charge is 2.24. The van der Waals surface area contributed by atoms with Gasteiger partial charge in [0.05, 0.1) is 16.7 Å². The fourth-order valence-corrected chi connectivity index (χ4v) is 11.0. The lowest BCUT2D eigenvalue weighted by atomic mass is 9.93. The predicted octanol–water partition coefficient (Wildman–Crippen LogP) is 16.9. The van der Waals surface area contributed by atoms with E-state index in [1.54, 1.807) is 0 Å². The Balaban J connectivity index is 0.982. The number of fused-ring (bicyclic) bond motifs is 15. The summed E-state index contributed by atoms with van der Waals surface area (Å²) in [5, 5.41) is 13.6. The summed E-state index contributed by atoms with van der Waals surface area (Å²) in [6.07, 6.45) is 0. The van der Waals surface area contributed by atoms with Crippen molar-refractivity contribution in [2.24, 2.45) is 0 Å². The maximum absolute atomic E-state index is 6.73. The molecule has 15 rings (SSSR count). The van der Waals surface area contributed by atoms with Crippen LogP contribution in [0.25, 0.3) is 149 Å². The molecule has 6 heteroatoms. The van der Waals surface area contributed by atoms with Crippen LogP contribution in [-0.2, 0) is 0 Å². The number of rotatable bonds is 5. The highest BCUT2D eigenvalue weighted by molar-refractivity contribution is 6.26. The van der Waals surface area contributed by atoms with E-state index < -0.39 is 0 Å². The summed E-state index contributed by atoms with van der Waals surface area (Å²) < 4.78 is 15.7. The van der Waals surface area contributed by atoms with Gasteiger partial charge in [0.15, 0.2) is 17.5 Å². The topological polar surface area (TPSA) is 69.9 Å². The Morgan fingerprint density at radius 1 is 0.290 bits per heavy atom. The van der Waals surface area contributed by atoms with Crippen molar-refractivity contribution in [3.05, 3.63) is 218 Å². The van der Waals surface area contributed by atoms with Crippen LogP contribution in [0.1, 0.15) is 0 Å². The molecule has 4 aromatic heterocycles. The van der Waals surface area contributed by atoms with E-state index in [-0.39, 0.29) is 0 Å². The lowest BCUT2D eigenvalue weighted by Gasteiger charge is -2.16. The first-order valence-corrected chi connectivity index (χ1v) is 23.3. The van der Waals surface area contributed by atoms with Crippen LogP contribution in [0.4, 0.5) is 0 Å². The van der Waals surface area contributed by atoms with Gasteiger partial charge in [-0.1, -0.05) is 164 Å². The Morgan fingerprint density at radius 2 is 0.783 bits per heavy atom. The zero-order chi connectivity index (χ0) is 45.2. The van der Waals surface area contributed by atoms with Gasteiger partial charge in [-0.3, -0.25) is 0 Å². The van der Waals surface area contributed by atoms with Crippen molar-refractivity contribution in [1.29, 1.82) is 0 Å². The highest BCUT2D eigenvalue weighted by Crippen LogP contribution is 2.46. The van der Waals surface area contributed by atoms with Crippen molar-refractivity contribution in [3.63, 3.8) is 0 Å². The number of nitrogens with zero attached hydrogens (tertiary/aromatic N) is 4. The van der Waals surface area contributed by atoms with Gasteiger partial charge in [0.1, 0.15) is 22.3 Å². The number of benzene rings is 11. The van der Waals surface area contributed by atoms with Gasteiger partial charge < -0.3 is 13.4 Å². The van der Waals surface area contributed by atoms with E-state index in [1.807, 2.05) is 42.5 Å². The predicted molar refractivity (Wildman–Crippen MR) is 283 cm³/mol. The molecule has 0 radical (unpaired) electrons. The summed E-state index contributed by atoms with van der Waals surface area (Å²) in [6.45, 7) is 0. The standard InChI is InChI=1S/C63H36N4O2/c1-2-15-37(16-3-1)61-64-62(39-29-31-44-42-19-5-4-17-40(42)41-18-6-7-20-43(41)49(44)36-39)66-63(65-61)48-24-14-28-56-59(48)50-35-38(30-33-55(50)69-56)58-53(32-34-57-60(58)47-23-10-13-27-54(47)68-57)67-51-25-11-8-21-45(51)46-22-9-12-26-52(46)67/h1-36H. The van der Waals surface area contributed by atoms with Crippen LogP contribution < -0.4 is 0 Å². The summed E-state index contributed by atoms with van der Waals surface area (Å²) in [6, 6.07) is 76.8. The van der Waals surface area contributed by atoms with Gasteiger partial charge in [0, 0.05) is 54.6 Å². The van der Waals surface area contributed by atoms with Crippen LogP contribution in [0, 0.1) is 0 Å². The van der Waals surface area contributed by atoms with E-state index in [0.29, 0.717) is 17.5 Å². The van der Waals surface area contributed by atoms with E-state index in [0.717, 1.165) is 93.8 Å². The average Bonchev–Trinajstić information content (AvgIpc) is 4.10. The molecule has 320 valence electrons. The van der Waals surface area contributed by atoms with E-state index >= 15 is 0 Å². The Hall–Kier alpha value is -9.39. The van der Waals surface area contributed by atoms with Gasteiger partial charge in [0.2, 0.25) is 0 Å². The highest BCUT2D eigenvalue weighted by atomic mass is 16.3. The second kappa shape index (κ2) is 14.6. The number of hydrogen-bond donors (Lipinski definition) is 0. The number of furan rings is 2. The van der Waals surface area contributed by atoms with Crippen LogP contribution in [0.5, 0.6) is 0 Å². The van der Waals surface area contributed by atoms with Gasteiger partial charge in [-0.05, 0) is 92.5 Å². The Bertz CT molecular complexity index is 4530. The average molecular weight is 881 g/mol. The molecule has 0 aliphatic heterocycles. The minimum Gasteiger partial charge on any atom is -0.456 e. The largest absolute Gasteiger partial charge is 0.456 e. The first kappa shape index (κ1) is 37.8. The zero-order valence-corrected chi connectivity index (χ0v) is 36.9. The second-order valence-electron chi connectivity index (χ2n) is 17.8. The normalized spacial score (nSPS) is 12.1. The summed E-state index contributed by atoms with van der Waals surface area (Å²) in [4.78, 5) is 15.8. The van der Waals surface area contributed by atoms with E-state index in [1.165, 1.54) is 37.7 Å². The summed E-state index contributed by atoms with van der Waals surface area (Å²) >= 11 is 0. The minimum atomic E-state index is 0.565. The molecule has 0 bridgehead atoms. The smallest absolute Gasteiger partial charge is 0.164 e. The molecule has 0 aliphatic rings. The molecule has 0 amide bonds. The van der Waals surface area contributed by atoms with Crippen LogP contribution >= 0.6 is 0 Å². The molecule has 0 saturated carbocycles. The number of para-hydroxylation sites is 3. The second-order valence-corrected chi connectivity index (χ2v) is 17.8. The van der Waals surface area contributed by atoms with Gasteiger partial charge in [-0.2, -0.15) is 0 Å². The molecule has 0 aliphatic carbocycles. The maximum Gasteiger partial charge on any atom is 0.164 e. The quantitative estimate of drug-likeness (QED) is 0.161. The molecular formula is C63H36N4O2. The SMILES string of the molecule is c1ccc(-c2nc(-c3ccc4c5ccccc5c5ccccc5c4c3)nc(-c3cccc4oc5ccc(-c6c(-n7c8ccccc8c8ccccc87)ccc7oc8ccccc8c67)cc5c34)n2)cc1. The third-order valence-electron chi connectivity index (χ3n) is 14.0. The van der Waals surface area contributed by atoms with Crippen molar-refractivity contribution < 1.29 is 8.83 Å². The monoisotopic (exact) mass is 880 g/mol. The van der Waals surface area contributed by atoms with Crippen LogP contribution in [0.3, 0.4) is 0 Å². The van der Waals surface area contributed by atoms with Gasteiger partial charge >= 0.3 is 0 Å². The fraction of sp³-hybridized carbons (Fsp3) is 0. The van der Waals surface area contributed by atoms with Crippen molar-refractivity contribution >= 4 is 98.0 Å². The fourth-order valence-electron chi connectivity index (χ4n) is 11.0. The maximum atomic E-state index is 6.73. The molecule has 0 fully saturated rings. The lowest BCUT2D eigenvalue weighted by molar-refractivity contribution is 0.669. The van der Waals surface area contributed by atoms with Crippen molar-refractivity contribution in [2.75, 3.05) is 0 Å². The first-order chi connectivity index (χ1) is 34.2. The van der Waals surface area contributed by atoms with E-state index in [4.69, 9.17) is 23.8 Å². The van der Waals surface area contributed by atoms with E-state index in [9.17, 15) is 0 Å². The Kier molecular flexibility index (Phi) is 7.97. The van der Waals surface area contributed by atoms with Crippen molar-refractivity contribution in [1.82, 2.24) is 19.5 Å². The first-order valence-electron chi connectivity index (χ1n) is 23.3. The molecule has 0 atom stereocenters. The van der Waals surface area contributed by atoms with Gasteiger partial charge in [-0.15, -0.1) is 0 Å². The van der Waals surface area contributed by atoms with Crippen molar-refractivity contribution in [2.45, 2.75) is 0 Å². The van der Waals surface area contributed by atoms with Crippen LogP contribution in [0.15, 0.2) is 227 Å². The third-order valence-corrected chi connectivity index (χ3v) is 14.0. The van der Waals surface area contributed by atoms with Crippen molar-refractivity contribution in [3.8, 4) is 51.0 Å². The Labute approximate surface area is 394 Å². The number of aromatic nitrogens is 4. The molecule has 15 aromatic rings. The van der Waals surface area contributed by atoms with Crippen LogP contribution in [-0.4, -0.2) is 19.5 Å². The summed E-state index contributed by atoms with van der Waals surface area (Å²) in [5.41, 5.74) is 11.3. The molecular weight excluding hydrogens is 845 g/mol. The molecule has 6 nitrogen and oxygen atoms in total. The lowest BCUT2D eigenvalue weighted by Crippen LogP contribution is -2.00.